The molecule has 4 aromatic rings. The van der Waals surface area contributed by atoms with Gasteiger partial charge in [0.25, 0.3) is 5.91 Å². The zero-order chi connectivity index (χ0) is 34.2. The molecule has 252 valence electrons. The molecule has 2 amide bonds. The number of carbonyl (C=O) groups excluding carboxylic acids is 2. The highest BCUT2D eigenvalue weighted by Crippen LogP contribution is 2.34. The van der Waals surface area contributed by atoms with Gasteiger partial charge in [-0.1, -0.05) is 12.2 Å². The number of aromatic nitrogens is 3. The molecule has 6 rings (SSSR count). The minimum Gasteiger partial charge on any atom is -0.444 e. The molecule has 0 unspecified atom stereocenters. The lowest BCUT2D eigenvalue weighted by atomic mass is 9.97. The van der Waals surface area contributed by atoms with Crippen molar-refractivity contribution in [3.63, 3.8) is 0 Å². The van der Waals surface area contributed by atoms with Crippen LogP contribution < -0.4 is 10.2 Å². The minimum atomic E-state index is -0.515. The Balaban J connectivity index is 1.31. The first-order valence-electron chi connectivity index (χ1n) is 17.1. The highest BCUT2D eigenvalue weighted by Gasteiger charge is 2.27. The monoisotopic (exact) mass is 648 g/mol. The Morgan fingerprint density at radius 1 is 0.979 bits per heavy atom. The van der Waals surface area contributed by atoms with Gasteiger partial charge < -0.3 is 24.4 Å². The summed E-state index contributed by atoms with van der Waals surface area (Å²) in [6.45, 7) is 17.0. The fraction of sp³-hybridized carbons (Fsp3) is 0.436. The van der Waals surface area contributed by atoms with E-state index in [4.69, 9.17) is 14.7 Å². The third-order valence-corrected chi connectivity index (χ3v) is 9.21. The topological polar surface area (TPSA) is 92.6 Å². The molecule has 48 heavy (non-hydrogen) atoms. The largest absolute Gasteiger partial charge is 0.444 e. The van der Waals surface area contributed by atoms with Crippen LogP contribution in [0.4, 0.5) is 10.6 Å². The maximum absolute atomic E-state index is 14.1. The quantitative estimate of drug-likeness (QED) is 0.234. The Labute approximate surface area is 284 Å². The van der Waals surface area contributed by atoms with E-state index in [1.165, 1.54) is 5.56 Å². The number of carbonyl (C=O) groups is 2. The van der Waals surface area contributed by atoms with E-state index in [2.05, 4.69) is 65.2 Å². The molecule has 1 fully saturated rings. The fourth-order valence-corrected chi connectivity index (χ4v) is 6.82. The van der Waals surface area contributed by atoms with Crippen LogP contribution in [0.5, 0.6) is 0 Å². The Hall–Kier alpha value is -4.66. The van der Waals surface area contributed by atoms with Crippen LogP contribution in [0.3, 0.4) is 0 Å². The molecule has 1 saturated heterocycles. The van der Waals surface area contributed by atoms with Crippen LogP contribution in [0.25, 0.3) is 22.0 Å². The van der Waals surface area contributed by atoms with Crippen molar-refractivity contribution < 1.29 is 14.3 Å². The van der Waals surface area contributed by atoms with Gasteiger partial charge in [0.05, 0.1) is 0 Å². The van der Waals surface area contributed by atoms with Crippen LogP contribution in [0.2, 0.25) is 0 Å². The third-order valence-electron chi connectivity index (χ3n) is 9.21. The average Bonchev–Trinajstić information content (AvgIpc) is 3.41. The van der Waals surface area contributed by atoms with Gasteiger partial charge in [-0.2, -0.15) is 0 Å². The van der Waals surface area contributed by atoms with Gasteiger partial charge in [0, 0.05) is 84.6 Å². The molecule has 3 aromatic heterocycles. The summed E-state index contributed by atoms with van der Waals surface area (Å²) in [4.78, 5) is 40.2. The zero-order valence-electron chi connectivity index (χ0n) is 29.4. The van der Waals surface area contributed by atoms with Crippen molar-refractivity contribution in [2.75, 3.05) is 31.1 Å². The third kappa shape index (κ3) is 7.10. The van der Waals surface area contributed by atoms with Gasteiger partial charge in [-0.25, -0.2) is 9.78 Å². The average molecular weight is 649 g/mol. The summed E-state index contributed by atoms with van der Waals surface area (Å²) in [5.74, 6) is 0.774. The number of hydrogen-bond donors (Lipinski definition) is 1. The summed E-state index contributed by atoms with van der Waals surface area (Å²) in [6, 6.07) is 10.7. The Morgan fingerprint density at radius 2 is 1.75 bits per heavy atom. The van der Waals surface area contributed by atoms with Crippen molar-refractivity contribution in [3.05, 3.63) is 88.5 Å². The molecule has 0 bridgehead atoms. The molecule has 0 radical (unpaired) electrons. The lowest BCUT2D eigenvalue weighted by Crippen LogP contribution is -2.50. The van der Waals surface area contributed by atoms with Crippen molar-refractivity contribution in [1.29, 1.82) is 0 Å². The second-order valence-corrected chi connectivity index (χ2v) is 14.3. The highest BCUT2D eigenvalue weighted by molar-refractivity contribution is 6.09. The first-order chi connectivity index (χ1) is 22.9. The number of fused-ring (bicyclic) bond motifs is 1. The molecule has 5 heterocycles. The standard InChI is InChI=1S/C39H48N6O3/c1-25(2)45-24-30-12-10-8-9-11-28-19-26(3)42-27(4)33(28)23-41-37(46)32-20-31(21-34(45)36(30)32)29-13-14-35(40-22-29)43-15-17-44(18-16-43)38(47)48-39(5,6)7/h8,10,13-14,19-22,24-25H,9,11-12,15-18,23H2,1-7H3,(H,41,46)/b10-8+. The van der Waals surface area contributed by atoms with Crippen LogP contribution in [-0.4, -0.2) is 63.2 Å². The molecular weight excluding hydrogens is 600 g/mol. The van der Waals surface area contributed by atoms with Crippen molar-refractivity contribution in [2.24, 2.45) is 0 Å². The summed E-state index contributed by atoms with van der Waals surface area (Å²) in [7, 11) is 0. The van der Waals surface area contributed by atoms with Crippen molar-refractivity contribution in [2.45, 2.75) is 85.9 Å². The predicted octanol–water partition coefficient (Wildman–Crippen LogP) is 7.33. The normalized spacial score (nSPS) is 16.5. The number of ether oxygens (including phenoxy) is 1. The molecule has 1 N–H and O–H groups in total. The molecule has 0 aliphatic carbocycles. The molecule has 0 saturated carbocycles. The first-order valence-corrected chi connectivity index (χ1v) is 17.1. The number of benzene rings is 1. The molecule has 2 aliphatic rings. The van der Waals surface area contributed by atoms with Crippen LogP contribution >= 0.6 is 0 Å². The maximum atomic E-state index is 14.1. The molecule has 9 heteroatoms. The molecule has 1 aromatic carbocycles. The van der Waals surface area contributed by atoms with Gasteiger partial charge in [0.2, 0.25) is 0 Å². The second-order valence-electron chi connectivity index (χ2n) is 14.3. The smallest absolute Gasteiger partial charge is 0.410 e. The fourth-order valence-electron chi connectivity index (χ4n) is 6.82. The van der Waals surface area contributed by atoms with E-state index in [-0.39, 0.29) is 18.0 Å². The number of nitrogens with one attached hydrogen (secondary N) is 1. The summed E-state index contributed by atoms with van der Waals surface area (Å²) in [6.07, 6.45) is 10.9. The summed E-state index contributed by atoms with van der Waals surface area (Å²) < 4.78 is 7.84. The van der Waals surface area contributed by atoms with E-state index in [1.807, 2.05) is 52.9 Å². The number of pyridine rings is 2. The van der Waals surface area contributed by atoms with Gasteiger partial charge in [0.15, 0.2) is 0 Å². The van der Waals surface area contributed by atoms with E-state index in [0.717, 1.165) is 69.6 Å². The highest BCUT2D eigenvalue weighted by atomic mass is 16.6. The number of hydrogen-bond acceptors (Lipinski definition) is 6. The van der Waals surface area contributed by atoms with E-state index >= 15 is 0 Å². The Morgan fingerprint density at radius 3 is 2.44 bits per heavy atom. The summed E-state index contributed by atoms with van der Waals surface area (Å²) in [5, 5.41) is 4.26. The Kier molecular flexibility index (Phi) is 9.32. The van der Waals surface area contributed by atoms with E-state index in [0.29, 0.717) is 38.3 Å². The number of allylic oxidation sites excluding steroid dienone is 2. The number of rotatable bonds is 3. The summed E-state index contributed by atoms with van der Waals surface area (Å²) >= 11 is 0. The van der Waals surface area contributed by atoms with Crippen molar-refractivity contribution >= 4 is 28.7 Å². The Bertz CT molecular complexity index is 1860. The van der Waals surface area contributed by atoms with E-state index < -0.39 is 5.60 Å². The number of aryl methyl sites for hydroxylation is 3. The van der Waals surface area contributed by atoms with Crippen LogP contribution in [0.1, 0.15) is 85.5 Å². The van der Waals surface area contributed by atoms with Gasteiger partial charge in [-0.3, -0.25) is 9.78 Å². The van der Waals surface area contributed by atoms with Gasteiger partial charge in [0.1, 0.15) is 11.4 Å². The van der Waals surface area contributed by atoms with Crippen LogP contribution in [-0.2, 0) is 24.1 Å². The number of amides is 2. The van der Waals surface area contributed by atoms with Crippen molar-refractivity contribution in [1.82, 2.24) is 24.8 Å². The van der Waals surface area contributed by atoms with Gasteiger partial charge >= 0.3 is 6.09 Å². The summed E-state index contributed by atoms with van der Waals surface area (Å²) in [5.41, 5.74) is 8.55. The van der Waals surface area contributed by atoms with E-state index in [1.54, 1.807) is 4.90 Å². The van der Waals surface area contributed by atoms with Gasteiger partial charge in [-0.05, 0) is 120 Å². The molecule has 9 nitrogen and oxygen atoms in total. The molecule has 0 spiro atoms. The van der Waals surface area contributed by atoms with Crippen molar-refractivity contribution in [3.8, 4) is 11.1 Å². The number of nitrogens with zero attached hydrogens (tertiary/aromatic N) is 5. The predicted molar refractivity (Wildman–Crippen MR) is 192 cm³/mol. The minimum absolute atomic E-state index is 0.0915. The SMILES string of the molecule is Cc1cc2c(c(C)n1)CNC(=O)c1cc(-c3ccc(N4CCN(C(=O)OC(C)(C)C)CC4)nc3)cc3c1c(cn3C(C)C)C/C=C/CC2. The number of piperazine rings is 1. The lowest BCUT2D eigenvalue weighted by Gasteiger charge is -2.36. The molecular formula is C39H48N6O3. The first kappa shape index (κ1) is 33.2. The second kappa shape index (κ2) is 13.5. The zero-order valence-corrected chi connectivity index (χ0v) is 29.4. The molecule has 2 aliphatic heterocycles. The van der Waals surface area contributed by atoms with Crippen LogP contribution in [0, 0.1) is 13.8 Å². The molecule has 0 atom stereocenters. The van der Waals surface area contributed by atoms with Gasteiger partial charge in [-0.15, -0.1) is 0 Å². The van der Waals surface area contributed by atoms with E-state index in [9.17, 15) is 9.59 Å². The number of anilines is 1. The lowest BCUT2D eigenvalue weighted by molar-refractivity contribution is 0.0240. The maximum Gasteiger partial charge on any atom is 0.410 e. The van der Waals surface area contributed by atoms with Crippen LogP contribution in [0.15, 0.2) is 54.9 Å².